The van der Waals surface area contributed by atoms with E-state index in [1.165, 1.54) is 0 Å². The molecule has 0 saturated carbocycles. The molecule has 6 heteroatoms. The number of hydrogen-bond donors (Lipinski definition) is 0. The van der Waals surface area contributed by atoms with E-state index in [0.29, 0.717) is 34.9 Å². The van der Waals surface area contributed by atoms with Crippen molar-refractivity contribution in [3.05, 3.63) is 291 Å². The molecule has 0 aliphatic heterocycles. The van der Waals surface area contributed by atoms with Crippen molar-refractivity contribution >= 4 is 0 Å². The smallest absolute Gasteiger partial charge is 0.164 e. The van der Waals surface area contributed by atoms with Crippen molar-refractivity contribution in [2.24, 2.45) is 0 Å². The van der Waals surface area contributed by atoms with Crippen LogP contribution >= 0.6 is 0 Å². The highest BCUT2D eigenvalue weighted by Crippen LogP contribution is 2.37. The van der Waals surface area contributed by atoms with Crippen LogP contribution in [0.1, 0.15) is 0 Å². The molecule has 0 atom stereocenters. The minimum atomic E-state index is 0.595. The van der Waals surface area contributed by atoms with E-state index >= 15 is 0 Å². The molecule has 0 saturated heterocycles. The molecule has 0 N–H and O–H groups in total. The summed E-state index contributed by atoms with van der Waals surface area (Å²) < 4.78 is 0. The van der Waals surface area contributed by atoms with Crippen molar-refractivity contribution in [3.8, 4) is 135 Å². The first-order valence-corrected chi connectivity index (χ1v) is 26.1. The fourth-order valence-corrected chi connectivity index (χ4v) is 9.98. The van der Waals surface area contributed by atoms with Crippen LogP contribution in [0.4, 0.5) is 0 Å². The molecule has 11 aromatic carbocycles. The first-order valence-electron chi connectivity index (χ1n) is 26.1. The van der Waals surface area contributed by atoms with Crippen molar-refractivity contribution in [2.75, 3.05) is 0 Å². The van der Waals surface area contributed by atoms with Gasteiger partial charge in [-0.05, 0) is 91.0 Å². The van der Waals surface area contributed by atoms with Crippen LogP contribution in [0.3, 0.4) is 0 Å². The molecule has 0 radical (unpaired) electrons. The Hall–Kier alpha value is -10.6. The first-order chi connectivity index (χ1) is 38.6. The minimum absolute atomic E-state index is 0.595. The fourth-order valence-electron chi connectivity index (χ4n) is 9.98. The van der Waals surface area contributed by atoms with E-state index in [9.17, 15) is 0 Å². The predicted octanol–water partition coefficient (Wildman–Crippen LogP) is 18.1. The third-order valence-corrected chi connectivity index (χ3v) is 14.0. The molecular formula is C72H48N6. The van der Waals surface area contributed by atoms with Gasteiger partial charge in [-0.3, -0.25) is 0 Å². The van der Waals surface area contributed by atoms with E-state index < -0.39 is 0 Å². The van der Waals surface area contributed by atoms with Gasteiger partial charge in [-0.25, -0.2) is 29.9 Å². The highest BCUT2D eigenvalue weighted by molar-refractivity contribution is 5.85. The second-order valence-corrected chi connectivity index (χ2v) is 19.1. The van der Waals surface area contributed by atoms with Crippen LogP contribution in [0.5, 0.6) is 0 Å². The molecule has 0 aliphatic carbocycles. The second kappa shape index (κ2) is 21.4. The van der Waals surface area contributed by atoms with Crippen molar-refractivity contribution in [2.45, 2.75) is 0 Å². The van der Waals surface area contributed by atoms with E-state index in [1.807, 2.05) is 24.3 Å². The summed E-state index contributed by atoms with van der Waals surface area (Å²) in [7, 11) is 0. The molecule has 0 fully saturated rings. The molecule has 0 amide bonds. The van der Waals surface area contributed by atoms with Gasteiger partial charge in [0.2, 0.25) is 0 Å². The monoisotopic (exact) mass is 996 g/mol. The summed E-state index contributed by atoms with van der Waals surface area (Å²) in [4.78, 5) is 30.9. The van der Waals surface area contributed by atoms with Gasteiger partial charge in [0.25, 0.3) is 0 Å². The second-order valence-electron chi connectivity index (χ2n) is 19.1. The maximum atomic E-state index is 5.16. The van der Waals surface area contributed by atoms with Gasteiger partial charge in [-0.15, -0.1) is 0 Å². The summed E-state index contributed by atoms with van der Waals surface area (Å²) in [6.07, 6.45) is 0. The van der Waals surface area contributed by atoms with Crippen LogP contribution in [0, 0.1) is 0 Å². The molecule has 0 spiro atoms. The Balaban J connectivity index is 0.841. The van der Waals surface area contributed by atoms with Crippen molar-refractivity contribution < 1.29 is 0 Å². The van der Waals surface area contributed by atoms with Crippen LogP contribution in [0.15, 0.2) is 291 Å². The lowest BCUT2D eigenvalue weighted by Gasteiger charge is -2.13. The van der Waals surface area contributed by atoms with Crippen LogP contribution < -0.4 is 0 Å². The quantitative estimate of drug-likeness (QED) is 0.121. The molecule has 78 heavy (non-hydrogen) atoms. The van der Waals surface area contributed by atoms with E-state index in [2.05, 4.69) is 267 Å². The normalized spacial score (nSPS) is 11.1. The largest absolute Gasteiger partial charge is 0.208 e. The van der Waals surface area contributed by atoms with Gasteiger partial charge in [-0.2, -0.15) is 0 Å². The Kier molecular flexibility index (Phi) is 12.9. The number of benzene rings is 11. The van der Waals surface area contributed by atoms with Gasteiger partial charge in [0.15, 0.2) is 34.9 Å². The van der Waals surface area contributed by atoms with Crippen LogP contribution in [0.25, 0.3) is 135 Å². The fraction of sp³-hybridized carbons (Fsp3) is 0. The number of hydrogen-bond acceptors (Lipinski definition) is 6. The van der Waals surface area contributed by atoms with E-state index in [1.54, 1.807) is 0 Å². The summed E-state index contributed by atoms with van der Waals surface area (Å²) in [5.74, 6) is 3.62. The van der Waals surface area contributed by atoms with Crippen LogP contribution in [-0.2, 0) is 0 Å². The third-order valence-electron chi connectivity index (χ3n) is 14.0. The minimum Gasteiger partial charge on any atom is -0.208 e. The topological polar surface area (TPSA) is 77.3 Å². The summed E-state index contributed by atoms with van der Waals surface area (Å²) in [5, 5.41) is 0. The molecule has 0 unspecified atom stereocenters. The Labute approximate surface area is 453 Å². The molecule has 2 heterocycles. The van der Waals surface area contributed by atoms with Crippen molar-refractivity contribution in [3.63, 3.8) is 0 Å². The zero-order valence-corrected chi connectivity index (χ0v) is 42.4. The molecule has 13 rings (SSSR count). The third kappa shape index (κ3) is 10.0. The lowest BCUT2D eigenvalue weighted by molar-refractivity contribution is 1.07. The SMILES string of the molecule is c1ccc(-c2cccc(-c3nc(-c4ccc(-c5ccccc5-c5ccc(-c6nc(-c7cccc(-c8ccccc8)c7)nc(-c7cccc(-c8ccccc8)c7)n6)cc5)cc4)nc(-c4cccc(-c5ccccc5)c4)n3)c2)cc1. The molecule has 13 aromatic rings. The molecule has 0 aliphatic rings. The predicted molar refractivity (Wildman–Crippen MR) is 318 cm³/mol. The summed E-state index contributed by atoms with van der Waals surface area (Å²) in [6, 6.07) is 101. The first kappa shape index (κ1) is 47.2. The molecule has 366 valence electrons. The maximum Gasteiger partial charge on any atom is 0.164 e. The van der Waals surface area contributed by atoms with Gasteiger partial charge in [-0.1, -0.05) is 267 Å². The zero-order valence-electron chi connectivity index (χ0n) is 42.4. The molecular weight excluding hydrogens is 949 g/mol. The van der Waals surface area contributed by atoms with Gasteiger partial charge in [0.05, 0.1) is 0 Å². The standard InChI is InChI=1S/C72H48N6/c1-5-19-49(20-6-1)57-27-15-31-61(45-57)69-73-67(74-70(77-69)62-32-16-28-58(46-62)50-21-7-2-8-22-50)55-41-37-53(38-42-55)65-35-13-14-36-66(65)54-39-43-56(44-40-54)68-75-71(63-33-17-29-59(47-63)51-23-9-3-10-24-51)78-72(76-68)64-34-18-30-60(48-64)52-25-11-4-12-26-52/h1-48H. The summed E-state index contributed by atoms with van der Waals surface area (Å²) in [6.45, 7) is 0. The Bertz CT molecular complexity index is 3740. The lowest BCUT2D eigenvalue weighted by atomic mass is 9.93. The maximum absolute atomic E-state index is 5.16. The number of nitrogens with zero attached hydrogens (tertiary/aromatic N) is 6. The van der Waals surface area contributed by atoms with Gasteiger partial charge >= 0.3 is 0 Å². The number of aromatic nitrogens is 6. The van der Waals surface area contributed by atoms with E-state index in [-0.39, 0.29) is 0 Å². The summed E-state index contributed by atoms with van der Waals surface area (Å²) in [5.41, 5.74) is 18.7. The highest BCUT2D eigenvalue weighted by atomic mass is 15.0. The molecule has 0 bridgehead atoms. The van der Waals surface area contributed by atoms with Gasteiger partial charge in [0.1, 0.15) is 0 Å². The van der Waals surface area contributed by atoms with Gasteiger partial charge < -0.3 is 0 Å². The van der Waals surface area contributed by atoms with Crippen LogP contribution in [-0.4, -0.2) is 29.9 Å². The van der Waals surface area contributed by atoms with Crippen LogP contribution in [0.2, 0.25) is 0 Å². The van der Waals surface area contributed by atoms with E-state index in [0.717, 1.165) is 100 Å². The molecule has 2 aromatic heterocycles. The lowest BCUT2D eigenvalue weighted by Crippen LogP contribution is -2.00. The average Bonchev–Trinajstić information content (AvgIpc) is 3.59. The Morgan fingerprint density at radius 3 is 0.577 bits per heavy atom. The van der Waals surface area contributed by atoms with E-state index in [4.69, 9.17) is 29.9 Å². The van der Waals surface area contributed by atoms with Crippen molar-refractivity contribution in [1.82, 2.24) is 29.9 Å². The Morgan fingerprint density at radius 2 is 0.321 bits per heavy atom. The molecule has 6 nitrogen and oxygen atoms in total. The van der Waals surface area contributed by atoms with Gasteiger partial charge in [0, 0.05) is 33.4 Å². The number of rotatable bonds is 12. The van der Waals surface area contributed by atoms with Crippen molar-refractivity contribution in [1.29, 1.82) is 0 Å². The highest BCUT2D eigenvalue weighted by Gasteiger charge is 2.18. The zero-order chi connectivity index (χ0) is 52.0. The summed E-state index contributed by atoms with van der Waals surface area (Å²) >= 11 is 0. The average molecular weight is 997 g/mol. The Morgan fingerprint density at radius 1 is 0.128 bits per heavy atom.